The first kappa shape index (κ1) is 27.3. The number of halogens is 9. The molecular weight excluding hydrogens is 483 g/mol. The number of carbonyl (C=O) groups excluding carboxylic acids is 1. The number of nitrogens with one attached hydrogen (secondary N) is 2. The second kappa shape index (κ2) is 9.72. The molecule has 0 spiro atoms. The Balaban J connectivity index is 2.18. The summed E-state index contributed by atoms with van der Waals surface area (Å²) in [7, 11) is 0. The first-order chi connectivity index (χ1) is 15.4. The number of aliphatic hydroxyl groups is 1. The molecule has 34 heavy (non-hydrogen) atoms. The molecule has 0 fully saturated rings. The Hall–Kier alpha value is -2.96. The van der Waals surface area contributed by atoms with Gasteiger partial charge in [-0.05, 0) is 47.9 Å². The molecule has 0 aromatic heterocycles. The third-order valence-corrected chi connectivity index (χ3v) is 4.86. The Morgan fingerprint density at radius 2 is 1.53 bits per heavy atom. The average molecular weight is 502 g/mol. The fraction of sp³-hybridized carbons (Fsp3) is 0.381. The van der Waals surface area contributed by atoms with Crippen molar-refractivity contribution in [2.45, 2.75) is 44.0 Å². The van der Waals surface area contributed by atoms with Gasteiger partial charge in [0.25, 0.3) is 0 Å². The highest BCUT2D eigenvalue weighted by Crippen LogP contribution is 2.41. The monoisotopic (exact) mass is 502 g/mol. The SMILES string of the molecule is Cc1cc(NC[C@](O)(c2cccc(C(F)(F)F)c2)C(F)(F)F)ccc1CNC(=O)CC(F)(F)F. The minimum Gasteiger partial charge on any atom is -0.381 e. The van der Waals surface area contributed by atoms with E-state index in [0.29, 0.717) is 17.2 Å². The van der Waals surface area contributed by atoms with Crippen molar-refractivity contribution < 1.29 is 49.4 Å². The van der Waals surface area contributed by atoms with Gasteiger partial charge in [0.15, 0.2) is 0 Å². The number of rotatable bonds is 7. The summed E-state index contributed by atoms with van der Waals surface area (Å²) in [6.45, 7) is -0.00411. The van der Waals surface area contributed by atoms with Gasteiger partial charge in [-0.25, -0.2) is 0 Å². The molecule has 1 amide bonds. The van der Waals surface area contributed by atoms with Crippen LogP contribution in [0.15, 0.2) is 42.5 Å². The topological polar surface area (TPSA) is 61.4 Å². The number of alkyl halides is 9. The van der Waals surface area contributed by atoms with E-state index in [2.05, 4.69) is 10.6 Å². The third-order valence-electron chi connectivity index (χ3n) is 4.86. The average Bonchev–Trinajstić information content (AvgIpc) is 2.68. The highest BCUT2D eigenvalue weighted by Gasteiger charge is 2.55. The van der Waals surface area contributed by atoms with Gasteiger partial charge in [-0.1, -0.05) is 18.2 Å². The first-order valence-corrected chi connectivity index (χ1v) is 9.56. The fourth-order valence-electron chi connectivity index (χ4n) is 2.99. The first-order valence-electron chi connectivity index (χ1n) is 9.56. The highest BCUT2D eigenvalue weighted by atomic mass is 19.4. The molecule has 2 rings (SSSR count). The molecule has 1 atom stereocenters. The molecule has 188 valence electrons. The molecule has 0 aliphatic carbocycles. The molecule has 0 bridgehead atoms. The lowest BCUT2D eigenvalue weighted by Gasteiger charge is -2.32. The summed E-state index contributed by atoms with van der Waals surface area (Å²) in [6.07, 6.45) is -16.6. The maximum Gasteiger partial charge on any atom is 0.423 e. The van der Waals surface area contributed by atoms with Crippen LogP contribution in [0.4, 0.5) is 45.2 Å². The molecule has 4 nitrogen and oxygen atoms in total. The van der Waals surface area contributed by atoms with Crippen LogP contribution in [0.2, 0.25) is 0 Å². The lowest BCUT2D eigenvalue weighted by Crippen LogP contribution is -2.48. The smallest absolute Gasteiger partial charge is 0.381 e. The molecule has 13 heteroatoms. The molecule has 2 aromatic rings. The zero-order chi connectivity index (χ0) is 25.9. The van der Waals surface area contributed by atoms with E-state index in [-0.39, 0.29) is 18.3 Å². The van der Waals surface area contributed by atoms with Gasteiger partial charge >= 0.3 is 18.5 Å². The fourth-order valence-corrected chi connectivity index (χ4v) is 2.99. The van der Waals surface area contributed by atoms with Crippen molar-refractivity contribution in [1.29, 1.82) is 0 Å². The van der Waals surface area contributed by atoms with Gasteiger partial charge in [0.1, 0.15) is 6.42 Å². The number of amides is 1. The Labute approximate surface area is 187 Å². The summed E-state index contributed by atoms with van der Waals surface area (Å²) >= 11 is 0. The third kappa shape index (κ3) is 7.02. The maximum absolute atomic E-state index is 13.7. The van der Waals surface area contributed by atoms with Crippen LogP contribution in [0, 0.1) is 6.92 Å². The molecule has 0 aliphatic heterocycles. The predicted molar refractivity (Wildman–Crippen MR) is 104 cm³/mol. The van der Waals surface area contributed by atoms with E-state index in [1.54, 1.807) is 0 Å². The molecule has 3 N–H and O–H groups in total. The molecule has 2 aromatic carbocycles. The van der Waals surface area contributed by atoms with Gasteiger partial charge in [0.05, 0.1) is 12.1 Å². The van der Waals surface area contributed by atoms with Crippen LogP contribution in [0.25, 0.3) is 0 Å². The predicted octanol–water partition coefficient (Wildman–Crippen LogP) is 5.44. The number of carbonyl (C=O) groups is 1. The molecule has 0 unspecified atom stereocenters. The minimum atomic E-state index is -5.33. The summed E-state index contributed by atoms with van der Waals surface area (Å²) in [5.41, 5.74) is -5.20. The number of benzene rings is 2. The van der Waals surface area contributed by atoms with E-state index in [4.69, 9.17) is 0 Å². The Morgan fingerprint density at radius 3 is 2.06 bits per heavy atom. The van der Waals surface area contributed by atoms with Crippen molar-refractivity contribution in [1.82, 2.24) is 5.32 Å². The van der Waals surface area contributed by atoms with Gasteiger partial charge < -0.3 is 15.7 Å². The summed E-state index contributed by atoms with van der Waals surface area (Å²) in [5, 5.41) is 14.7. The van der Waals surface area contributed by atoms with Crippen LogP contribution in [0.1, 0.15) is 28.7 Å². The molecule has 0 radical (unpaired) electrons. The van der Waals surface area contributed by atoms with Crippen molar-refractivity contribution in [2.24, 2.45) is 0 Å². The standard InChI is InChI=1S/C21H19F9N2O2/c1-12-7-16(6-5-13(12)10-31-17(33)9-19(22,23)24)32-11-18(34,21(28,29)30)14-3-2-4-15(8-14)20(25,26)27/h2-8,32,34H,9-11H2,1H3,(H,31,33)/t18-/m0/s1. The summed E-state index contributed by atoms with van der Waals surface area (Å²) < 4.78 is 116. The van der Waals surface area contributed by atoms with E-state index >= 15 is 0 Å². The second-order valence-corrected chi connectivity index (χ2v) is 7.50. The molecule has 0 heterocycles. The van der Waals surface area contributed by atoms with Gasteiger partial charge in [0, 0.05) is 12.2 Å². The van der Waals surface area contributed by atoms with Crippen molar-refractivity contribution >= 4 is 11.6 Å². The van der Waals surface area contributed by atoms with Crippen molar-refractivity contribution in [3.8, 4) is 0 Å². The van der Waals surface area contributed by atoms with E-state index in [9.17, 15) is 49.4 Å². The largest absolute Gasteiger partial charge is 0.423 e. The van der Waals surface area contributed by atoms with Crippen molar-refractivity contribution in [3.63, 3.8) is 0 Å². The van der Waals surface area contributed by atoms with Gasteiger partial charge in [-0.2, -0.15) is 39.5 Å². The summed E-state index contributed by atoms with van der Waals surface area (Å²) in [5.74, 6) is -1.26. The molecular formula is C21H19F9N2O2. The van der Waals surface area contributed by atoms with E-state index in [1.807, 2.05) is 0 Å². The van der Waals surface area contributed by atoms with Crippen LogP contribution in [-0.4, -0.2) is 29.9 Å². The number of anilines is 1. The van der Waals surface area contributed by atoms with E-state index in [0.717, 1.165) is 12.1 Å². The van der Waals surface area contributed by atoms with Crippen molar-refractivity contribution in [2.75, 3.05) is 11.9 Å². The van der Waals surface area contributed by atoms with Crippen LogP contribution in [0.3, 0.4) is 0 Å². The Morgan fingerprint density at radius 1 is 0.912 bits per heavy atom. The maximum atomic E-state index is 13.7. The van der Waals surface area contributed by atoms with E-state index in [1.165, 1.54) is 25.1 Å². The normalized spacial score (nSPS) is 14.4. The summed E-state index contributed by atoms with van der Waals surface area (Å²) in [4.78, 5) is 11.3. The second-order valence-electron chi connectivity index (χ2n) is 7.50. The van der Waals surface area contributed by atoms with Crippen LogP contribution in [-0.2, 0) is 23.1 Å². The number of aryl methyl sites for hydroxylation is 1. The van der Waals surface area contributed by atoms with E-state index < -0.39 is 54.1 Å². The van der Waals surface area contributed by atoms with Crippen LogP contribution >= 0.6 is 0 Å². The Kier molecular flexibility index (Phi) is 7.80. The molecule has 0 saturated carbocycles. The van der Waals surface area contributed by atoms with Crippen molar-refractivity contribution in [3.05, 3.63) is 64.7 Å². The number of hydrogen-bond donors (Lipinski definition) is 3. The Bertz CT molecular complexity index is 1020. The van der Waals surface area contributed by atoms with Crippen LogP contribution in [0.5, 0.6) is 0 Å². The van der Waals surface area contributed by atoms with Gasteiger partial charge in [0.2, 0.25) is 11.5 Å². The van der Waals surface area contributed by atoms with Gasteiger partial charge in [-0.3, -0.25) is 4.79 Å². The molecule has 0 aliphatic rings. The lowest BCUT2D eigenvalue weighted by atomic mass is 9.91. The quantitative estimate of drug-likeness (QED) is 0.442. The van der Waals surface area contributed by atoms with Gasteiger partial charge in [-0.15, -0.1) is 0 Å². The minimum absolute atomic E-state index is 0.0533. The lowest BCUT2D eigenvalue weighted by molar-refractivity contribution is -0.260. The highest BCUT2D eigenvalue weighted by molar-refractivity contribution is 5.76. The number of hydrogen-bond acceptors (Lipinski definition) is 3. The summed E-state index contributed by atoms with van der Waals surface area (Å²) in [6, 6.07) is 6.16. The van der Waals surface area contributed by atoms with Crippen LogP contribution < -0.4 is 10.6 Å². The zero-order valence-corrected chi connectivity index (χ0v) is 17.4. The molecule has 0 saturated heterocycles. The zero-order valence-electron chi connectivity index (χ0n) is 17.4.